The van der Waals surface area contributed by atoms with Crippen molar-refractivity contribution in [2.45, 2.75) is 37.8 Å². The highest BCUT2D eigenvalue weighted by atomic mass is 16.5. The summed E-state index contributed by atoms with van der Waals surface area (Å²) >= 11 is 0. The molecule has 0 saturated heterocycles. The van der Waals surface area contributed by atoms with Crippen molar-refractivity contribution in [3.05, 3.63) is 23.3 Å². The Kier molecular flexibility index (Phi) is 12.5. The molecule has 0 unspecified atom stereocenters. The van der Waals surface area contributed by atoms with Crippen molar-refractivity contribution in [1.82, 2.24) is 26.2 Å². The first-order chi connectivity index (χ1) is 17.3. The number of carbonyl (C=O) groups is 2. The lowest BCUT2D eigenvalue weighted by Gasteiger charge is -2.27. The molecule has 0 bridgehead atoms. The third-order valence-electron chi connectivity index (χ3n) is 5.73. The standard InChI is InChI=1S/C24H40N8O4/c1-32(2)10-7-30-23(33)19-13-20(24(34)31-18-5-3-17(27)4-6-18)22(36-12-9-29-16-26)14-21(19)35-11-8-28-15-25/h13-18H,3-12,27H2,1-2H3,(H2,25,28)(H2,26,29)(H,30,33)(H,31,34)/t17-,18+. The third-order valence-corrected chi connectivity index (χ3v) is 5.73. The molecule has 36 heavy (non-hydrogen) atoms. The second-order valence-corrected chi connectivity index (χ2v) is 8.88. The number of likely N-dealkylation sites (N-methyl/N-ethyl adjacent to an activating group) is 1. The van der Waals surface area contributed by atoms with Crippen molar-refractivity contribution in [2.75, 3.05) is 53.5 Å². The Hall–Kier alpha value is -3.38. The maximum Gasteiger partial charge on any atom is 0.255 e. The molecule has 1 aromatic rings. The molecule has 1 aliphatic carbocycles. The Bertz CT molecular complexity index is 872. The van der Waals surface area contributed by atoms with Gasteiger partial charge in [-0.2, -0.15) is 0 Å². The average molecular weight is 505 g/mol. The van der Waals surface area contributed by atoms with Crippen molar-refractivity contribution in [2.24, 2.45) is 5.73 Å². The number of rotatable bonds is 16. The van der Waals surface area contributed by atoms with Crippen LogP contribution in [0.5, 0.6) is 11.5 Å². The number of amides is 2. The van der Waals surface area contributed by atoms with Crippen molar-refractivity contribution < 1.29 is 19.1 Å². The van der Waals surface area contributed by atoms with Gasteiger partial charge in [-0.1, -0.05) is 0 Å². The molecule has 200 valence electrons. The molecule has 1 fully saturated rings. The summed E-state index contributed by atoms with van der Waals surface area (Å²) in [4.78, 5) is 28.3. The van der Waals surface area contributed by atoms with Gasteiger partial charge in [-0.3, -0.25) is 20.4 Å². The van der Waals surface area contributed by atoms with E-state index in [-0.39, 0.29) is 59.7 Å². The number of nitrogens with one attached hydrogen (secondary N) is 6. The molecule has 0 aliphatic heterocycles. The summed E-state index contributed by atoms with van der Waals surface area (Å²) in [6.45, 7) is 2.24. The molecule has 0 aromatic heterocycles. The van der Waals surface area contributed by atoms with Gasteiger partial charge in [-0.15, -0.1) is 0 Å². The first-order valence-electron chi connectivity index (χ1n) is 12.2. The van der Waals surface area contributed by atoms with Crippen LogP contribution in [0, 0.1) is 10.8 Å². The van der Waals surface area contributed by atoms with Crippen LogP contribution >= 0.6 is 0 Å². The summed E-state index contributed by atoms with van der Waals surface area (Å²) in [5.74, 6) is -0.127. The Morgan fingerprint density at radius 3 is 2.03 bits per heavy atom. The highest BCUT2D eigenvalue weighted by Crippen LogP contribution is 2.30. The molecular weight excluding hydrogens is 464 g/mol. The van der Waals surface area contributed by atoms with Gasteiger partial charge in [0.1, 0.15) is 24.7 Å². The molecule has 1 saturated carbocycles. The number of ether oxygens (including phenoxy) is 2. The highest BCUT2D eigenvalue weighted by molar-refractivity contribution is 6.03. The van der Waals surface area contributed by atoms with Gasteiger partial charge in [-0.25, -0.2) is 0 Å². The van der Waals surface area contributed by atoms with Crippen LogP contribution in [0.4, 0.5) is 0 Å². The number of benzene rings is 1. The van der Waals surface area contributed by atoms with Gasteiger partial charge in [0, 0.05) is 44.3 Å². The fourth-order valence-corrected chi connectivity index (χ4v) is 3.75. The molecule has 12 nitrogen and oxygen atoms in total. The molecule has 2 amide bonds. The average Bonchev–Trinajstić information content (AvgIpc) is 2.85. The fraction of sp³-hybridized carbons (Fsp3) is 0.583. The van der Waals surface area contributed by atoms with Gasteiger partial charge in [0.2, 0.25) is 0 Å². The Labute approximate surface area is 212 Å². The highest BCUT2D eigenvalue weighted by Gasteiger charge is 2.25. The molecule has 0 atom stereocenters. The minimum Gasteiger partial charge on any atom is -0.491 e. The van der Waals surface area contributed by atoms with Crippen LogP contribution in [0.15, 0.2) is 12.1 Å². The zero-order chi connectivity index (χ0) is 26.3. The predicted molar refractivity (Wildman–Crippen MR) is 140 cm³/mol. The summed E-state index contributed by atoms with van der Waals surface area (Å²) in [6.07, 6.45) is 5.42. The lowest BCUT2D eigenvalue weighted by atomic mass is 9.91. The zero-order valence-electron chi connectivity index (χ0n) is 21.2. The molecule has 1 aliphatic rings. The van der Waals surface area contributed by atoms with Crippen molar-refractivity contribution in [3.8, 4) is 11.5 Å². The summed E-state index contributed by atoms with van der Waals surface area (Å²) < 4.78 is 11.7. The maximum atomic E-state index is 13.3. The number of hydrogen-bond acceptors (Lipinski definition) is 8. The number of hydrogen-bond donors (Lipinski definition) is 7. The van der Waals surface area contributed by atoms with E-state index >= 15 is 0 Å². The van der Waals surface area contributed by atoms with Crippen LogP contribution in [0.2, 0.25) is 0 Å². The summed E-state index contributed by atoms with van der Waals surface area (Å²) in [5.41, 5.74) is 6.46. The minimum atomic E-state index is -0.360. The molecule has 12 heteroatoms. The molecule has 2 rings (SSSR count). The molecule has 1 aromatic carbocycles. The summed E-state index contributed by atoms with van der Waals surface area (Å²) in [7, 11) is 3.83. The van der Waals surface area contributed by atoms with E-state index < -0.39 is 0 Å². The van der Waals surface area contributed by atoms with Crippen LogP contribution in [0.3, 0.4) is 0 Å². The predicted octanol–water partition coefficient (Wildman–Crippen LogP) is 0.129. The van der Waals surface area contributed by atoms with Gasteiger partial charge in [0.25, 0.3) is 11.8 Å². The normalized spacial score (nSPS) is 17.1. The zero-order valence-corrected chi connectivity index (χ0v) is 21.2. The first-order valence-corrected chi connectivity index (χ1v) is 12.2. The van der Waals surface area contributed by atoms with Crippen LogP contribution in [0.1, 0.15) is 46.4 Å². The first kappa shape index (κ1) is 28.9. The van der Waals surface area contributed by atoms with Crippen molar-refractivity contribution in [1.29, 1.82) is 10.8 Å². The lowest BCUT2D eigenvalue weighted by molar-refractivity contribution is 0.0921. The number of carbonyl (C=O) groups excluding carboxylic acids is 2. The molecule has 0 heterocycles. The second kappa shape index (κ2) is 15.6. The number of nitrogens with two attached hydrogens (primary N) is 1. The van der Waals surface area contributed by atoms with E-state index in [0.29, 0.717) is 26.2 Å². The Morgan fingerprint density at radius 1 is 0.944 bits per heavy atom. The Balaban J connectivity index is 2.32. The molecule has 8 N–H and O–H groups in total. The second-order valence-electron chi connectivity index (χ2n) is 8.88. The lowest BCUT2D eigenvalue weighted by Crippen LogP contribution is -2.40. The van der Waals surface area contributed by atoms with Gasteiger partial charge >= 0.3 is 0 Å². The monoisotopic (exact) mass is 504 g/mol. The molecular formula is C24H40N8O4. The Morgan fingerprint density at radius 2 is 1.50 bits per heavy atom. The van der Waals surface area contributed by atoms with Gasteiger partial charge < -0.3 is 41.4 Å². The van der Waals surface area contributed by atoms with Crippen LogP contribution < -0.4 is 36.5 Å². The van der Waals surface area contributed by atoms with E-state index in [1.165, 1.54) is 6.07 Å². The van der Waals surface area contributed by atoms with Gasteiger partial charge in [0.15, 0.2) is 0 Å². The summed E-state index contributed by atoms with van der Waals surface area (Å²) in [5, 5.41) is 25.6. The van der Waals surface area contributed by atoms with Crippen LogP contribution in [0.25, 0.3) is 0 Å². The smallest absolute Gasteiger partial charge is 0.255 e. The fourth-order valence-electron chi connectivity index (χ4n) is 3.75. The van der Waals surface area contributed by atoms with Gasteiger partial charge in [-0.05, 0) is 45.8 Å². The van der Waals surface area contributed by atoms with E-state index in [4.69, 9.17) is 26.0 Å². The van der Waals surface area contributed by atoms with E-state index in [1.807, 2.05) is 19.0 Å². The minimum absolute atomic E-state index is 0.00484. The molecule has 0 radical (unpaired) electrons. The topological polar surface area (TPSA) is 178 Å². The largest absolute Gasteiger partial charge is 0.491 e. The molecule has 0 spiro atoms. The SMILES string of the molecule is CN(C)CCNC(=O)c1cc(C(=O)N[C@H]2CC[C@@H](N)CC2)c(OCCNC=N)cc1OCCNC=N. The van der Waals surface area contributed by atoms with E-state index in [9.17, 15) is 9.59 Å². The van der Waals surface area contributed by atoms with Crippen LogP contribution in [-0.2, 0) is 0 Å². The van der Waals surface area contributed by atoms with Gasteiger partial charge in [0.05, 0.1) is 23.8 Å². The number of nitrogens with zero attached hydrogens (tertiary/aromatic N) is 1. The van der Waals surface area contributed by atoms with E-state index in [0.717, 1.165) is 38.4 Å². The summed E-state index contributed by atoms with van der Waals surface area (Å²) in [6, 6.07) is 3.23. The quantitative estimate of drug-likeness (QED) is 0.0943. The third kappa shape index (κ3) is 9.70. The van der Waals surface area contributed by atoms with E-state index in [2.05, 4.69) is 21.3 Å². The van der Waals surface area contributed by atoms with Crippen molar-refractivity contribution >= 4 is 24.5 Å². The van der Waals surface area contributed by atoms with E-state index in [1.54, 1.807) is 6.07 Å². The maximum absolute atomic E-state index is 13.3. The van der Waals surface area contributed by atoms with Crippen molar-refractivity contribution in [3.63, 3.8) is 0 Å². The van der Waals surface area contributed by atoms with Crippen LogP contribution in [-0.4, -0.2) is 95.0 Å².